The molecular weight excluding hydrogens is 264 g/mol. The van der Waals surface area contributed by atoms with Gasteiger partial charge in [-0.3, -0.25) is 9.80 Å². The number of amides is 1. The Morgan fingerprint density at radius 2 is 1.86 bits per heavy atom. The molecule has 2 fully saturated rings. The van der Waals surface area contributed by atoms with Crippen LogP contribution in [-0.2, 0) is 0 Å². The summed E-state index contributed by atoms with van der Waals surface area (Å²) in [5, 5.41) is 9.63. The Labute approximate surface area is 126 Å². The van der Waals surface area contributed by atoms with Gasteiger partial charge in [-0.25, -0.2) is 4.79 Å². The molecule has 4 nitrogen and oxygen atoms in total. The zero-order valence-corrected chi connectivity index (χ0v) is 12.7. The minimum Gasteiger partial charge on any atom is -0.465 e. The molecule has 2 saturated heterocycles. The van der Waals surface area contributed by atoms with Crippen LogP contribution in [-0.4, -0.2) is 46.7 Å². The zero-order chi connectivity index (χ0) is 14.8. The van der Waals surface area contributed by atoms with Crippen LogP contribution in [0.1, 0.15) is 42.9 Å². The zero-order valence-electron chi connectivity index (χ0n) is 12.7. The number of likely N-dealkylation sites (tertiary alicyclic amines) is 2. The number of hydrogen-bond donors (Lipinski definition) is 1. The van der Waals surface area contributed by atoms with Gasteiger partial charge in [-0.2, -0.15) is 0 Å². The fourth-order valence-electron chi connectivity index (χ4n) is 3.94. The summed E-state index contributed by atoms with van der Waals surface area (Å²) in [6, 6.07) is 8.55. The number of carbonyl (C=O) groups is 1. The second-order valence-corrected chi connectivity index (χ2v) is 6.23. The molecule has 0 bridgehead atoms. The van der Waals surface area contributed by atoms with Crippen LogP contribution in [0.15, 0.2) is 24.3 Å². The molecule has 2 heterocycles. The minimum absolute atomic E-state index is 0.0180. The Bertz CT molecular complexity index is 511. The van der Waals surface area contributed by atoms with Crippen molar-refractivity contribution in [1.82, 2.24) is 9.80 Å². The standard InChI is InChI=1S/C17H24N2O2/c1-13-7-2-3-8-14(13)16-15(18-10-4-5-11-18)9-6-12-19(16)17(20)21/h2-3,7-8,15-16H,4-6,9-12H2,1H3,(H,20,21)/t15-,16+/m1/s1. The van der Waals surface area contributed by atoms with Gasteiger partial charge in [-0.1, -0.05) is 24.3 Å². The summed E-state index contributed by atoms with van der Waals surface area (Å²) in [5.41, 5.74) is 2.37. The number of nitrogens with zero attached hydrogens (tertiary/aromatic N) is 2. The van der Waals surface area contributed by atoms with E-state index in [2.05, 4.69) is 24.0 Å². The van der Waals surface area contributed by atoms with Crippen LogP contribution in [0, 0.1) is 6.92 Å². The van der Waals surface area contributed by atoms with Crippen LogP contribution in [0.25, 0.3) is 0 Å². The molecule has 0 radical (unpaired) electrons. The molecule has 2 aliphatic rings. The topological polar surface area (TPSA) is 43.8 Å². The first kappa shape index (κ1) is 14.4. The summed E-state index contributed by atoms with van der Waals surface area (Å²) in [5.74, 6) is 0. The second-order valence-electron chi connectivity index (χ2n) is 6.23. The highest BCUT2D eigenvalue weighted by Gasteiger charge is 2.39. The SMILES string of the molecule is Cc1ccccc1[C@H]1[C@H](N2CCCC2)CCCN1C(=O)O. The summed E-state index contributed by atoms with van der Waals surface area (Å²) in [7, 11) is 0. The van der Waals surface area contributed by atoms with Gasteiger partial charge in [-0.15, -0.1) is 0 Å². The first-order chi connectivity index (χ1) is 10.2. The van der Waals surface area contributed by atoms with E-state index in [9.17, 15) is 9.90 Å². The maximum absolute atomic E-state index is 11.7. The lowest BCUT2D eigenvalue weighted by Gasteiger charge is -2.44. The van der Waals surface area contributed by atoms with Gasteiger partial charge >= 0.3 is 6.09 Å². The van der Waals surface area contributed by atoms with E-state index in [1.165, 1.54) is 24.0 Å². The molecule has 0 unspecified atom stereocenters. The van der Waals surface area contributed by atoms with Crippen molar-refractivity contribution in [2.75, 3.05) is 19.6 Å². The van der Waals surface area contributed by atoms with Crippen molar-refractivity contribution in [3.63, 3.8) is 0 Å². The van der Waals surface area contributed by atoms with Gasteiger partial charge in [0.1, 0.15) is 0 Å². The fraction of sp³-hybridized carbons (Fsp3) is 0.588. The summed E-state index contributed by atoms with van der Waals surface area (Å²) in [6.07, 6.45) is 3.76. The Morgan fingerprint density at radius 3 is 2.52 bits per heavy atom. The second kappa shape index (κ2) is 6.06. The van der Waals surface area contributed by atoms with Gasteiger partial charge < -0.3 is 5.11 Å². The third-order valence-corrected chi connectivity index (χ3v) is 4.96. The number of rotatable bonds is 2. The van der Waals surface area contributed by atoms with Crippen LogP contribution in [0.2, 0.25) is 0 Å². The lowest BCUT2D eigenvalue weighted by atomic mass is 9.87. The van der Waals surface area contributed by atoms with E-state index in [1.54, 1.807) is 4.90 Å². The average molecular weight is 288 g/mol. The van der Waals surface area contributed by atoms with E-state index in [0.29, 0.717) is 12.6 Å². The van der Waals surface area contributed by atoms with Crippen molar-refractivity contribution in [3.8, 4) is 0 Å². The first-order valence-corrected chi connectivity index (χ1v) is 7.97. The number of piperidine rings is 1. The Hall–Kier alpha value is -1.55. The molecule has 1 N–H and O–H groups in total. The highest BCUT2D eigenvalue weighted by Crippen LogP contribution is 2.37. The third-order valence-electron chi connectivity index (χ3n) is 4.96. The predicted octanol–water partition coefficient (Wildman–Crippen LogP) is 3.27. The molecule has 114 valence electrons. The van der Waals surface area contributed by atoms with Crippen LogP contribution >= 0.6 is 0 Å². The van der Waals surface area contributed by atoms with Crippen LogP contribution < -0.4 is 0 Å². The van der Waals surface area contributed by atoms with Crippen molar-refractivity contribution in [1.29, 1.82) is 0 Å². The van der Waals surface area contributed by atoms with Gasteiger partial charge in [0.2, 0.25) is 0 Å². The first-order valence-electron chi connectivity index (χ1n) is 7.97. The molecule has 4 heteroatoms. The third kappa shape index (κ3) is 2.77. The molecule has 3 rings (SSSR count). The molecule has 2 atom stereocenters. The maximum atomic E-state index is 11.7. The van der Waals surface area contributed by atoms with E-state index in [-0.39, 0.29) is 6.04 Å². The molecule has 2 aliphatic heterocycles. The Kier molecular flexibility index (Phi) is 4.15. The van der Waals surface area contributed by atoms with Gasteiger partial charge in [-0.05, 0) is 56.8 Å². The molecule has 1 amide bonds. The van der Waals surface area contributed by atoms with Crippen molar-refractivity contribution in [3.05, 3.63) is 35.4 Å². The number of carboxylic acid groups (broad SMARTS) is 1. The molecule has 1 aromatic rings. The summed E-state index contributed by atoms with van der Waals surface area (Å²) >= 11 is 0. The van der Waals surface area contributed by atoms with E-state index in [1.807, 2.05) is 12.1 Å². The van der Waals surface area contributed by atoms with Crippen molar-refractivity contribution >= 4 is 6.09 Å². The summed E-state index contributed by atoms with van der Waals surface area (Å²) in [6.45, 7) is 4.96. The lowest BCUT2D eigenvalue weighted by molar-refractivity contribution is 0.0492. The van der Waals surface area contributed by atoms with Gasteiger partial charge in [0, 0.05) is 12.6 Å². The Morgan fingerprint density at radius 1 is 1.14 bits per heavy atom. The lowest BCUT2D eigenvalue weighted by Crippen LogP contribution is -2.51. The monoisotopic (exact) mass is 288 g/mol. The van der Waals surface area contributed by atoms with Gasteiger partial charge in [0.05, 0.1) is 6.04 Å². The van der Waals surface area contributed by atoms with Crippen molar-refractivity contribution < 1.29 is 9.90 Å². The largest absolute Gasteiger partial charge is 0.465 e. The predicted molar refractivity (Wildman–Crippen MR) is 82.5 cm³/mol. The fourth-order valence-corrected chi connectivity index (χ4v) is 3.94. The van der Waals surface area contributed by atoms with E-state index in [0.717, 1.165) is 25.9 Å². The quantitative estimate of drug-likeness (QED) is 0.908. The molecule has 1 aromatic carbocycles. The highest BCUT2D eigenvalue weighted by atomic mass is 16.4. The molecule has 0 aliphatic carbocycles. The number of benzene rings is 1. The maximum Gasteiger partial charge on any atom is 0.407 e. The van der Waals surface area contributed by atoms with Crippen molar-refractivity contribution in [2.24, 2.45) is 0 Å². The average Bonchev–Trinajstić information content (AvgIpc) is 3.01. The van der Waals surface area contributed by atoms with E-state index < -0.39 is 6.09 Å². The smallest absolute Gasteiger partial charge is 0.407 e. The normalized spacial score (nSPS) is 27.0. The van der Waals surface area contributed by atoms with Crippen molar-refractivity contribution in [2.45, 2.75) is 44.7 Å². The molecule has 21 heavy (non-hydrogen) atoms. The van der Waals surface area contributed by atoms with Crippen LogP contribution in [0.4, 0.5) is 4.79 Å². The summed E-state index contributed by atoms with van der Waals surface area (Å²) in [4.78, 5) is 15.9. The molecular formula is C17H24N2O2. The minimum atomic E-state index is -0.785. The highest BCUT2D eigenvalue weighted by molar-refractivity contribution is 5.66. The van der Waals surface area contributed by atoms with E-state index >= 15 is 0 Å². The van der Waals surface area contributed by atoms with Crippen LogP contribution in [0.5, 0.6) is 0 Å². The van der Waals surface area contributed by atoms with Crippen LogP contribution in [0.3, 0.4) is 0 Å². The summed E-state index contributed by atoms with van der Waals surface area (Å²) < 4.78 is 0. The molecule has 0 saturated carbocycles. The molecule has 0 spiro atoms. The van der Waals surface area contributed by atoms with Gasteiger partial charge in [0.15, 0.2) is 0 Å². The number of aryl methyl sites for hydroxylation is 1. The molecule has 0 aromatic heterocycles. The van der Waals surface area contributed by atoms with E-state index in [4.69, 9.17) is 0 Å². The Balaban J connectivity index is 1.97. The number of hydrogen-bond acceptors (Lipinski definition) is 2. The van der Waals surface area contributed by atoms with Gasteiger partial charge in [0.25, 0.3) is 0 Å².